The maximum atomic E-state index is 2.56. The summed E-state index contributed by atoms with van der Waals surface area (Å²) in [4.78, 5) is 7.60. The summed E-state index contributed by atoms with van der Waals surface area (Å²) in [7, 11) is 0. The molecule has 340 valence electrons. The lowest BCUT2D eigenvalue weighted by molar-refractivity contribution is 1.20. The maximum absolute atomic E-state index is 2.56. The van der Waals surface area contributed by atoms with E-state index in [-0.39, 0.29) is 6.71 Å². The van der Waals surface area contributed by atoms with Crippen LogP contribution in [0.3, 0.4) is 0 Å². The Balaban J connectivity index is 1.16. The number of benzene rings is 11. The zero-order valence-electron chi connectivity index (χ0n) is 40.3. The molecule has 0 spiro atoms. The van der Waals surface area contributed by atoms with Crippen molar-refractivity contribution < 1.29 is 0 Å². The standard InChI is InChI=1S/C68H50BN3/c1-47-21-15-17-35-62(47)72(63-36-18-16-22-48(63)2)59-45-66-68-67(46-59)71(58-34-20-32-54(42-58)50-25-9-4-10-26-50)65-44-56(52-29-13-6-14-30-52)38-40-61(65)69(68)60-39-37-55(51-27-11-5-12-28-51)43-64(60)70(66)57-33-19-31-53(41-57)49-23-7-3-8-24-49/h3-46H,1-2H3. The Labute approximate surface area is 423 Å². The quantitative estimate of drug-likeness (QED) is 0.134. The minimum absolute atomic E-state index is 0.0869. The van der Waals surface area contributed by atoms with Gasteiger partial charge in [0.1, 0.15) is 0 Å². The van der Waals surface area contributed by atoms with Gasteiger partial charge in [-0.3, -0.25) is 0 Å². The summed E-state index contributed by atoms with van der Waals surface area (Å²) in [6.45, 7) is 4.37. The van der Waals surface area contributed by atoms with Gasteiger partial charge in [0, 0.05) is 45.5 Å². The predicted molar refractivity (Wildman–Crippen MR) is 306 cm³/mol. The third kappa shape index (κ3) is 7.48. The highest BCUT2D eigenvalue weighted by molar-refractivity contribution is 7.00. The molecule has 0 aliphatic carbocycles. The van der Waals surface area contributed by atoms with E-state index in [2.05, 4.69) is 295 Å². The van der Waals surface area contributed by atoms with Gasteiger partial charge in [-0.15, -0.1) is 0 Å². The number of aryl methyl sites for hydroxylation is 2. The van der Waals surface area contributed by atoms with E-state index in [4.69, 9.17) is 0 Å². The molecule has 2 aliphatic rings. The van der Waals surface area contributed by atoms with E-state index >= 15 is 0 Å². The van der Waals surface area contributed by atoms with Gasteiger partial charge in [0.2, 0.25) is 0 Å². The van der Waals surface area contributed by atoms with Crippen LogP contribution in [-0.4, -0.2) is 6.71 Å². The van der Waals surface area contributed by atoms with Gasteiger partial charge in [0.15, 0.2) is 0 Å². The van der Waals surface area contributed by atoms with Gasteiger partial charge in [-0.1, -0.05) is 206 Å². The molecular formula is C68H50BN3. The van der Waals surface area contributed by atoms with Crippen molar-refractivity contribution in [3.05, 3.63) is 278 Å². The first-order valence-electron chi connectivity index (χ1n) is 24.9. The van der Waals surface area contributed by atoms with Crippen LogP contribution in [0, 0.1) is 13.8 Å². The lowest BCUT2D eigenvalue weighted by atomic mass is 9.33. The average molecular weight is 920 g/mol. The lowest BCUT2D eigenvalue weighted by Gasteiger charge is -2.45. The smallest absolute Gasteiger partial charge is 0.252 e. The van der Waals surface area contributed by atoms with E-state index < -0.39 is 0 Å². The van der Waals surface area contributed by atoms with Crippen molar-refractivity contribution in [2.75, 3.05) is 14.7 Å². The SMILES string of the molecule is Cc1ccccc1N(c1cc2c3c(c1)N(c1cccc(-c4ccccc4)c1)c1cc(-c4ccccc4)ccc1B3c1ccc(-c3ccccc3)cc1N2c1cccc(-c2ccccc2)c1)c1ccccc1C. The van der Waals surface area contributed by atoms with Crippen molar-refractivity contribution in [1.29, 1.82) is 0 Å². The molecule has 0 amide bonds. The molecule has 3 nitrogen and oxygen atoms in total. The summed E-state index contributed by atoms with van der Waals surface area (Å²) in [5, 5.41) is 0. The number of hydrogen-bond donors (Lipinski definition) is 0. The highest BCUT2D eigenvalue weighted by Crippen LogP contribution is 2.50. The van der Waals surface area contributed by atoms with Crippen LogP contribution in [0.25, 0.3) is 44.5 Å². The normalized spacial score (nSPS) is 12.2. The second-order valence-electron chi connectivity index (χ2n) is 19.0. The second-order valence-corrected chi connectivity index (χ2v) is 19.0. The molecule has 0 aromatic heterocycles. The molecule has 11 aromatic carbocycles. The molecule has 0 bridgehead atoms. The molecular weight excluding hydrogens is 870 g/mol. The van der Waals surface area contributed by atoms with Gasteiger partial charge in [-0.05, 0) is 147 Å². The van der Waals surface area contributed by atoms with Crippen LogP contribution in [0.2, 0.25) is 0 Å². The van der Waals surface area contributed by atoms with Gasteiger partial charge in [-0.2, -0.15) is 0 Å². The van der Waals surface area contributed by atoms with E-state index in [1.165, 1.54) is 72.0 Å². The Bertz CT molecular complexity index is 3550. The summed E-state index contributed by atoms with van der Waals surface area (Å²) >= 11 is 0. The van der Waals surface area contributed by atoms with Crippen LogP contribution in [0.4, 0.5) is 51.2 Å². The Morgan fingerprint density at radius 2 is 0.639 bits per heavy atom. The molecule has 0 N–H and O–H groups in total. The fourth-order valence-electron chi connectivity index (χ4n) is 11.2. The van der Waals surface area contributed by atoms with Crippen LogP contribution >= 0.6 is 0 Å². The molecule has 0 atom stereocenters. The second kappa shape index (κ2) is 18.0. The summed E-state index contributed by atoms with van der Waals surface area (Å²) in [5.74, 6) is 0. The lowest BCUT2D eigenvalue weighted by Crippen LogP contribution is -2.61. The monoisotopic (exact) mass is 919 g/mol. The Morgan fingerprint density at radius 1 is 0.292 bits per heavy atom. The van der Waals surface area contributed by atoms with E-state index in [0.29, 0.717) is 0 Å². The number of nitrogens with zero attached hydrogens (tertiary/aromatic N) is 3. The number of fused-ring (bicyclic) bond motifs is 4. The van der Waals surface area contributed by atoms with Gasteiger partial charge < -0.3 is 14.7 Å². The zero-order chi connectivity index (χ0) is 48.1. The molecule has 2 aliphatic heterocycles. The van der Waals surface area contributed by atoms with Gasteiger partial charge in [0.05, 0.1) is 5.69 Å². The van der Waals surface area contributed by atoms with Crippen LogP contribution < -0.4 is 31.1 Å². The summed E-state index contributed by atoms with van der Waals surface area (Å²) in [6, 6.07) is 98.3. The molecule has 0 saturated carbocycles. The number of hydrogen-bond acceptors (Lipinski definition) is 3. The van der Waals surface area contributed by atoms with Crippen molar-refractivity contribution in [2.45, 2.75) is 13.8 Å². The van der Waals surface area contributed by atoms with Crippen LogP contribution in [0.1, 0.15) is 11.1 Å². The predicted octanol–water partition coefficient (Wildman–Crippen LogP) is 16.5. The van der Waals surface area contributed by atoms with E-state index in [1.807, 2.05) is 0 Å². The van der Waals surface area contributed by atoms with Gasteiger partial charge in [0.25, 0.3) is 6.71 Å². The van der Waals surface area contributed by atoms with Gasteiger partial charge in [-0.25, -0.2) is 0 Å². The van der Waals surface area contributed by atoms with E-state index in [0.717, 1.165) is 51.2 Å². The first kappa shape index (κ1) is 42.9. The summed E-state index contributed by atoms with van der Waals surface area (Å²) in [6.07, 6.45) is 0. The number of para-hydroxylation sites is 2. The van der Waals surface area contributed by atoms with Crippen molar-refractivity contribution in [3.8, 4) is 44.5 Å². The third-order valence-electron chi connectivity index (χ3n) is 14.7. The summed E-state index contributed by atoms with van der Waals surface area (Å²) < 4.78 is 0. The minimum atomic E-state index is -0.0869. The molecule has 0 unspecified atom stereocenters. The Hall–Kier alpha value is -9.12. The van der Waals surface area contributed by atoms with Crippen molar-refractivity contribution >= 4 is 74.3 Å². The zero-order valence-corrected chi connectivity index (χ0v) is 40.3. The van der Waals surface area contributed by atoms with Crippen LogP contribution in [0.15, 0.2) is 267 Å². The van der Waals surface area contributed by atoms with Crippen molar-refractivity contribution in [1.82, 2.24) is 0 Å². The molecule has 72 heavy (non-hydrogen) atoms. The number of anilines is 9. The average Bonchev–Trinajstić information content (AvgIpc) is 3.44. The molecule has 2 heterocycles. The third-order valence-corrected chi connectivity index (χ3v) is 14.7. The molecule has 0 saturated heterocycles. The van der Waals surface area contributed by atoms with Crippen molar-refractivity contribution in [3.63, 3.8) is 0 Å². The highest BCUT2D eigenvalue weighted by Gasteiger charge is 2.44. The molecule has 4 heteroatoms. The summed E-state index contributed by atoms with van der Waals surface area (Å²) in [5.41, 5.74) is 25.8. The van der Waals surface area contributed by atoms with Crippen LogP contribution in [0.5, 0.6) is 0 Å². The molecule has 0 radical (unpaired) electrons. The minimum Gasteiger partial charge on any atom is -0.311 e. The topological polar surface area (TPSA) is 9.72 Å². The van der Waals surface area contributed by atoms with E-state index in [9.17, 15) is 0 Å². The fourth-order valence-corrected chi connectivity index (χ4v) is 11.2. The fraction of sp³-hybridized carbons (Fsp3) is 0.0294. The maximum Gasteiger partial charge on any atom is 0.252 e. The van der Waals surface area contributed by atoms with E-state index in [1.54, 1.807) is 0 Å². The molecule has 13 rings (SSSR count). The molecule has 0 fully saturated rings. The van der Waals surface area contributed by atoms with Gasteiger partial charge >= 0.3 is 0 Å². The van der Waals surface area contributed by atoms with Crippen LogP contribution in [-0.2, 0) is 0 Å². The Kier molecular flexibility index (Phi) is 10.7. The largest absolute Gasteiger partial charge is 0.311 e. The number of rotatable bonds is 9. The Morgan fingerprint density at radius 3 is 1.03 bits per heavy atom. The molecule has 11 aromatic rings. The van der Waals surface area contributed by atoms with Crippen molar-refractivity contribution in [2.24, 2.45) is 0 Å². The highest BCUT2D eigenvalue weighted by atomic mass is 15.2. The first-order chi connectivity index (χ1) is 35.6. The first-order valence-corrected chi connectivity index (χ1v) is 24.9.